The second-order valence-electron chi connectivity index (χ2n) is 3.45. The summed E-state index contributed by atoms with van der Waals surface area (Å²) < 4.78 is 28.9. The Bertz CT molecular complexity index is 325. The van der Waals surface area contributed by atoms with E-state index in [1.54, 1.807) is 24.3 Å². The molecule has 2 nitrogen and oxygen atoms in total. The molecule has 1 aromatic rings. The van der Waals surface area contributed by atoms with Gasteiger partial charge in [0.25, 0.3) is 0 Å². The molecule has 0 saturated carbocycles. The molecule has 0 heterocycles. The Hall–Kier alpha value is -1.45. The Morgan fingerprint density at radius 2 is 1.88 bits per heavy atom. The molecule has 88 valence electrons. The van der Waals surface area contributed by atoms with E-state index >= 15 is 0 Å². The van der Waals surface area contributed by atoms with E-state index in [0.29, 0.717) is 0 Å². The van der Waals surface area contributed by atoms with Crippen LogP contribution in [0.25, 0.3) is 0 Å². The fourth-order valence-electron chi connectivity index (χ4n) is 1.54. The molecule has 0 radical (unpaired) electrons. The molecular formula is C12H14F2O2. The number of hydrogen-bond donors (Lipinski definition) is 0. The maximum absolute atomic E-state index is 12.1. The molecule has 0 aromatic heterocycles. The zero-order chi connectivity index (χ0) is 12.0. The molecule has 0 spiro atoms. The molecule has 0 N–H and O–H groups in total. The van der Waals surface area contributed by atoms with Gasteiger partial charge in [0.15, 0.2) is 0 Å². The number of halogens is 2. The van der Waals surface area contributed by atoms with Gasteiger partial charge >= 0.3 is 5.97 Å². The standard InChI is InChI=1S/C12H14F2O2/c1-16-12(15)10(7-8-11(13)14)9-5-3-2-4-6-9/h2-6,10-11H,7-8H2,1H3. The van der Waals surface area contributed by atoms with Crippen molar-refractivity contribution in [1.29, 1.82) is 0 Å². The molecule has 0 saturated heterocycles. The first-order chi connectivity index (χ1) is 7.65. The molecule has 0 bridgehead atoms. The molecule has 1 atom stereocenters. The normalized spacial score (nSPS) is 12.5. The van der Waals surface area contributed by atoms with Crippen molar-refractivity contribution in [3.05, 3.63) is 35.9 Å². The van der Waals surface area contributed by atoms with Crippen molar-refractivity contribution < 1.29 is 18.3 Å². The molecule has 1 aromatic carbocycles. The third-order valence-electron chi connectivity index (χ3n) is 2.36. The molecule has 0 amide bonds. The van der Waals surface area contributed by atoms with E-state index in [1.165, 1.54) is 7.11 Å². The van der Waals surface area contributed by atoms with Gasteiger partial charge in [0.05, 0.1) is 13.0 Å². The molecule has 0 aliphatic rings. The number of rotatable bonds is 5. The van der Waals surface area contributed by atoms with Crippen molar-refractivity contribution in [3.63, 3.8) is 0 Å². The average molecular weight is 228 g/mol. The number of benzene rings is 1. The third-order valence-corrected chi connectivity index (χ3v) is 2.36. The number of hydrogen-bond acceptors (Lipinski definition) is 2. The first-order valence-electron chi connectivity index (χ1n) is 5.06. The quantitative estimate of drug-likeness (QED) is 0.724. The van der Waals surface area contributed by atoms with Crippen LogP contribution in [0.5, 0.6) is 0 Å². The van der Waals surface area contributed by atoms with Crippen LogP contribution < -0.4 is 0 Å². The van der Waals surface area contributed by atoms with Gasteiger partial charge in [-0.25, -0.2) is 8.78 Å². The van der Waals surface area contributed by atoms with E-state index in [2.05, 4.69) is 4.74 Å². The van der Waals surface area contributed by atoms with E-state index in [1.807, 2.05) is 6.07 Å². The lowest BCUT2D eigenvalue weighted by Crippen LogP contribution is -2.15. The molecule has 0 aliphatic heterocycles. The highest BCUT2D eigenvalue weighted by molar-refractivity contribution is 5.77. The zero-order valence-electron chi connectivity index (χ0n) is 9.03. The lowest BCUT2D eigenvalue weighted by atomic mass is 9.94. The number of ether oxygens (including phenoxy) is 1. The van der Waals surface area contributed by atoms with Gasteiger partial charge in [-0.1, -0.05) is 30.3 Å². The van der Waals surface area contributed by atoms with Gasteiger partial charge in [0, 0.05) is 6.42 Å². The summed E-state index contributed by atoms with van der Waals surface area (Å²) in [5.41, 5.74) is 0.718. The van der Waals surface area contributed by atoms with Gasteiger partial charge in [0.1, 0.15) is 0 Å². The second kappa shape index (κ2) is 6.20. The summed E-state index contributed by atoms with van der Waals surface area (Å²) in [7, 11) is 1.26. The van der Waals surface area contributed by atoms with Gasteiger partial charge in [-0.05, 0) is 12.0 Å². The van der Waals surface area contributed by atoms with Gasteiger partial charge in [-0.15, -0.1) is 0 Å². The second-order valence-corrected chi connectivity index (χ2v) is 3.45. The Morgan fingerprint density at radius 3 is 2.38 bits per heavy atom. The van der Waals surface area contributed by atoms with Crippen molar-refractivity contribution in [2.45, 2.75) is 25.2 Å². The smallest absolute Gasteiger partial charge is 0.313 e. The maximum Gasteiger partial charge on any atom is 0.313 e. The monoisotopic (exact) mass is 228 g/mol. The molecular weight excluding hydrogens is 214 g/mol. The first-order valence-corrected chi connectivity index (χ1v) is 5.06. The Morgan fingerprint density at radius 1 is 1.25 bits per heavy atom. The molecule has 0 fully saturated rings. The Labute approximate surface area is 93.2 Å². The van der Waals surface area contributed by atoms with Crippen molar-refractivity contribution >= 4 is 5.97 Å². The average Bonchev–Trinajstić information content (AvgIpc) is 2.30. The summed E-state index contributed by atoms with van der Waals surface area (Å²) in [6, 6.07) is 8.84. The molecule has 4 heteroatoms. The van der Waals surface area contributed by atoms with Crippen LogP contribution in [0.1, 0.15) is 24.3 Å². The number of carbonyl (C=O) groups excluding carboxylic acids is 1. The minimum Gasteiger partial charge on any atom is -0.469 e. The van der Waals surface area contributed by atoms with E-state index in [0.717, 1.165) is 5.56 Å². The zero-order valence-corrected chi connectivity index (χ0v) is 9.03. The summed E-state index contributed by atoms with van der Waals surface area (Å²) in [6.45, 7) is 0. The van der Waals surface area contributed by atoms with Crippen LogP contribution in [0.4, 0.5) is 8.78 Å². The number of alkyl halides is 2. The highest BCUT2D eigenvalue weighted by atomic mass is 19.3. The minimum atomic E-state index is -2.39. The SMILES string of the molecule is COC(=O)C(CCC(F)F)c1ccccc1. The highest BCUT2D eigenvalue weighted by Crippen LogP contribution is 2.24. The van der Waals surface area contributed by atoms with Crippen LogP contribution in [-0.4, -0.2) is 19.5 Å². The fraction of sp³-hybridized carbons (Fsp3) is 0.417. The number of methoxy groups -OCH3 is 1. The van der Waals surface area contributed by atoms with Crippen molar-refractivity contribution in [3.8, 4) is 0 Å². The van der Waals surface area contributed by atoms with Crippen molar-refractivity contribution in [2.75, 3.05) is 7.11 Å². The summed E-state index contributed by atoms with van der Waals surface area (Å²) in [5.74, 6) is -1.06. The number of carbonyl (C=O) groups is 1. The molecule has 16 heavy (non-hydrogen) atoms. The summed E-state index contributed by atoms with van der Waals surface area (Å²) in [6.07, 6.45) is -2.58. The maximum atomic E-state index is 12.1. The van der Waals surface area contributed by atoms with Crippen LogP contribution in [-0.2, 0) is 9.53 Å². The summed E-state index contributed by atoms with van der Waals surface area (Å²) >= 11 is 0. The van der Waals surface area contributed by atoms with E-state index in [4.69, 9.17) is 0 Å². The number of esters is 1. The van der Waals surface area contributed by atoms with Gasteiger partial charge in [-0.2, -0.15) is 0 Å². The van der Waals surface area contributed by atoms with Crippen LogP contribution in [0.15, 0.2) is 30.3 Å². The fourth-order valence-corrected chi connectivity index (χ4v) is 1.54. The Balaban J connectivity index is 2.76. The predicted molar refractivity (Wildman–Crippen MR) is 56.4 cm³/mol. The van der Waals surface area contributed by atoms with E-state index in [9.17, 15) is 13.6 Å². The van der Waals surface area contributed by atoms with Crippen LogP contribution in [0.3, 0.4) is 0 Å². The van der Waals surface area contributed by atoms with E-state index < -0.39 is 18.3 Å². The van der Waals surface area contributed by atoms with Gasteiger partial charge in [-0.3, -0.25) is 4.79 Å². The summed E-state index contributed by atoms with van der Waals surface area (Å²) in [4.78, 5) is 11.5. The topological polar surface area (TPSA) is 26.3 Å². The predicted octanol–water partition coefficient (Wildman–Crippen LogP) is 2.99. The highest BCUT2D eigenvalue weighted by Gasteiger charge is 2.22. The summed E-state index contributed by atoms with van der Waals surface area (Å²) in [5, 5.41) is 0. The van der Waals surface area contributed by atoms with Crippen LogP contribution in [0.2, 0.25) is 0 Å². The van der Waals surface area contributed by atoms with Crippen molar-refractivity contribution in [1.82, 2.24) is 0 Å². The lowest BCUT2D eigenvalue weighted by Gasteiger charge is -2.14. The Kier molecular flexibility index (Phi) is 4.89. The van der Waals surface area contributed by atoms with Gasteiger partial charge in [0.2, 0.25) is 6.43 Å². The first kappa shape index (κ1) is 12.6. The van der Waals surface area contributed by atoms with Crippen LogP contribution >= 0.6 is 0 Å². The molecule has 0 aliphatic carbocycles. The largest absolute Gasteiger partial charge is 0.469 e. The van der Waals surface area contributed by atoms with E-state index in [-0.39, 0.29) is 12.8 Å². The molecule has 1 unspecified atom stereocenters. The molecule has 1 rings (SSSR count). The lowest BCUT2D eigenvalue weighted by molar-refractivity contribution is -0.142. The van der Waals surface area contributed by atoms with Crippen molar-refractivity contribution in [2.24, 2.45) is 0 Å². The van der Waals surface area contributed by atoms with Crippen LogP contribution in [0, 0.1) is 0 Å². The minimum absolute atomic E-state index is 0.106. The third kappa shape index (κ3) is 3.61. The van der Waals surface area contributed by atoms with Gasteiger partial charge < -0.3 is 4.74 Å².